The van der Waals surface area contributed by atoms with E-state index in [4.69, 9.17) is 0 Å². The van der Waals surface area contributed by atoms with Crippen molar-refractivity contribution in [3.8, 4) is 0 Å². The van der Waals surface area contributed by atoms with Crippen LogP contribution in [0.2, 0.25) is 0 Å². The van der Waals surface area contributed by atoms with Crippen molar-refractivity contribution in [1.82, 2.24) is 0 Å². The van der Waals surface area contributed by atoms with Crippen molar-refractivity contribution < 1.29 is 14.6 Å². The van der Waals surface area contributed by atoms with Crippen LogP contribution in [0.3, 0.4) is 0 Å². The minimum absolute atomic E-state index is 0.0678. The van der Waals surface area contributed by atoms with Crippen molar-refractivity contribution in [2.24, 2.45) is 5.41 Å². The summed E-state index contributed by atoms with van der Waals surface area (Å²) in [7, 11) is 1.46. The van der Waals surface area contributed by atoms with E-state index in [9.17, 15) is 9.90 Å². The third-order valence-electron chi connectivity index (χ3n) is 1.42. The Morgan fingerprint density at radius 1 is 1.38 bits per heavy atom. The molecule has 0 bridgehead atoms. The average molecular weight is 184 g/mol. The zero-order valence-corrected chi connectivity index (χ0v) is 8.50. The summed E-state index contributed by atoms with van der Waals surface area (Å²) in [5, 5.41) is 9.42. The molecule has 0 fully saturated rings. The number of allylic oxidation sites excluding steroid dienone is 3. The van der Waals surface area contributed by atoms with Gasteiger partial charge in [0.2, 0.25) is 0 Å². The molecule has 0 aromatic carbocycles. The minimum Gasteiger partial charge on any atom is -0.512 e. The number of aliphatic hydroxyl groups excluding tert-OH is 1. The first kappa shape index (κ1) is 11.8. The molecule has 74 valence electrons. The number of carbonyl (C=O) groups is 1. The fourth-order valence-corrected chi connectivity index (χ4v) is 0.534. The molecule has 1 N–H and O–H groups in total. The van der Waals surface area contributed by atoms with Gasteiger partial charge in [-0.2, -0.15) is 0 Å². The lowest BCUT2D eigenvalue weighted by molar-refractivity contribution is -0.110. The van der Waals surface area contributed by atoms with Crippen molar-refractivity contribution in [3.63, 3.8) is 0 Å². The second-order valence-corrected chi connectivity index (χ2v) is 3.72. The summed E-state index contributed by atoms with van der Waals surface area (Å²) in [6.45, 7) is 5.48. The Kier molecular flexibility index (Phi) is 4.25. The number of hydrogen-bond acceptors (Lipinski definition) is 3. The quantitative estimate of drug-likeness (QED) is 0.540. The number of aliphatic hydroxyl groups is 1. The molecular weight excluding hydrogens is 168 g/mol. The van der Waals surface area contributed by atoms with Crippen LogP contribution >= 0.6 is 0 Å². The number of ketones is 1. The van der Waals surface area contributed by atoms with E-state index >= 15 is 0 Å². The first-order chi connectivity index (χ1) is 5.88. The Labute approximate surface area is 78.7 Å². The second kappa shape index (κ2) is 4.70. The fourth-order valence-electron chi connectivity index (χ4n) is 0.534. The van der Waals surface area contributed by atoms with E-state index in [1.807, 2.05) is 20.8 Å². The summed E-state index contributed by atoms with van der Waals surface area (Å²) in [6.07, 6.45) is 3.71. The van der Waals surface area contributed by atoms with Crippen LogP contribution in [-0.2, 0) is 9.53 Å². The van der Waals surface area contributed by atoms with Crippen LogP contribution in [0.4, 0.5) is 0 Å². The number of ether oxygens (including phenoxy) is 1. The highest BCUT2D eigenvalue weighted by atomic mass is 16.5. The summed E-state index contributed by atoms with van der Waals surface area (Å²) in [5.74, 6) is -0.215. The van der Waals surface area contributed by atoms with Crippen molar-refractivity contribution >= 4 is 5.78 Å². The van der Waals surface area contributed by atoms with E-state index < -0.39 is 5.41 Å². The topological polar surface area (TPSA) is 46.5 Å². The van der Waals surface area contributed by atoms with Gasteiger partial charge >= 0.3 is 0 Å². The van der Waals surface area contributed by atoms with E-state index in [2.05, 4.69) is 4.74 Å². The standard InChI is InChI=1S/C10H16O3/c1-10(2,3)9(12)7-8(11)5-6-13-4/h5-7,12H,1-4H3. The summed E-state index contributed by atoms with van der Waals surface area (Å²) < 4.78 is 4.57. The molecule has 3 nitrogen and oxygen atoms in total. The van der Waals surface area contributed by atoms with Gasteiger partial charge in [0.05, 0.1) is 13.4 Å². The number of rotatable bonds is 3. The molecule has 3 heteroatoms. The normalized spacial score (nSPS) is 13.4. The van der Waals surface area contributed by atoms with E-state index in [0.717, 1.165) is 0 Å². The highest BCUT2D eigenvalue weighted by Crippen LogP contribution is 2.22. The lowest BCUT2D eigenvalue weighted by Gasteiger charge is -2.16. The summed E-state index contributed by atoms with van der Waals surface area (Å²) in [6, 6.07) is 0. The molecule has 0 aromatic rings. The molecule has 0 spiro atoms. The van der Waals surface area contributed by atoms with E-state index in [1.54, 1.807) is 0 Å². The number of carbonyl (C=O) groups excluding carboxylic acids is 1. The summed E-state index contributed by atoms with van der Waals surface area (Å²) in [4.78, 5) is 11.1. The number of hydrogen-bond donors (Lipinski definition) is 1. The molecule has 0 atom stereocenters. The van der Waals surface area contributed by atoms with Gasteiger partial charge in [0.25, 0.3) is 0 Å². The fraction of sp³-hybridized carbons (Fsp3) is 0.500. The van der Waals surface area contributed by atoms with Crippen molar-refractivity contribution in [1.29, 1.82) is 0 Å². The first-order valence-corrected chi connectivity index (χ1v) is 4.02. The third kappa shape index (κ3) is 5.06. The monoisotopic (exact) mass is 184 g/mol. The highest BCUT2D eigenvalue weighted by Gasteiger charge is 2.16. The summed E-state index contributed by atoms with van der Waals surface area (Å²) >= 11 is 0. The minimum atomic E-state index is -0.392. The first-order valence-electron chi connectivity index (χ1n) is 4.02. The zero-order valence-electron chi connectivity index (χ0n) is 8.50. The van der Waals surface area contributed by atoms with Crippen molar-refractivity contribution in [2.45, 2.75) is 20.8 Å². The highest BCUT2D eigenvalue weighted by molar-refractivity contribution is 5.99. The van der Waals surface area contributed by atoms with E-state index in [1.165, 1.54) is 25.5 Å². The van der Waals surface area contributed by atoms with Crippen LogP contribution in [-0.4, -0.2) is 18.0 Å². The molecule has 0 amide bonds. The second-order valence-electron chi connectivity index (χ2n) is 3.72. The van der Waals surface area contributed by atoms with Gasteiger partial charge in [0, 0.05) is 17.6 Å². The smallest absolute Gasteiger partial charge is 0.185 e. The predicted octanol–water partition coefficient (Wildman–Crippen LogP) is 2.20. The van der Waals surface area contributed by atoms with Gasteiger partial charge in [-0.05, 0) is 0 Å². The SMILES string of the molecule is COC=CC(=O)C=C(O)C(C)(C)C. The van der Waals surface area contributed by atoms with Crippen LogP contribution in [0.15, 0.2) is 24.2 Å². The van der Waals surface area contributed by atoms with Crippen LogP contribution in [0.25, 0.3) is 0 Å². The molecule has 0 rings (SSSR count). The van der Waals surface area contributed by atoms with Gasteiger partial charge in [0.15, 0.2) is 5.78 Å². The van der Waals surface area contributed by atoms with E-state index in [-0.39, 0.29) is 11.5 Å². The number of methoxy groups -OCH3 is 1. The van der Waals surface area contributed by atoms with E-state index in [0.29, 0.717) is 0 Å². The van der Waals surface area contributed by atoms with Gasteiger partial charge in [0.1, 0.15) is 5.76 Å². The Hall–Kier alpha value is -1.25. The Balaban J connectivity index is 4.40. The van der Waals surface area contributed by atoms with Gasteiger partial charge in [-0.15, -0.1) is 0 Å². The summed E-state index contributed by atoms with van der Waals surface area (Å²) in [5.41, 5.74) is -0.392. The molecule has 0 saturated carbocycles. The Bertz CT molecular complexity index is 231. The van der Waals surface area contributed by atoms with Crippen LogP contribution in [0.1, 0.15) is 20.8 Å². The van der Waals surface area contributed by atoms with Gasteiger partial charge in [-0.1, -0.05) is 20.8 Å². The largest absolute Gasteiger partial charge is 0.512 e. The molecule has 0 aliphatic heterocycles. The molecule has 0 unspecified atom stereocenters. The third-order valence-corrected chi connectivity index (χ3v) is 1.42. The lowest BCUT2D eigenvalue weighted by atomic mass is 9.93. The van der Waals surface area contributed by atoms with Crippen molar-refractivity contribution in [3.05, 3.63) is 24.2 Å². The molecule has 0 aliphatic carbocycles. The molecule has 0 heterocycles. The Morgan fingerprint density at radius 2 is 1.92 bits per heavy atom. The zero-order chi connectivity index (χ0) is 10.5. The van der Waals surface area contributed by atoms with Crippen LogP contribution < -0.4 is 0 Å². The maximum Gasteiger partial charge on any atom is 0.185 e. The molecule has 0 saturated heterocycles. The molecule has 0 aliphatic rings. The van der Waals surface area contributed by atoms with Gasteiger partial charge in [-0.25, -0.2) is 0 Å². The van der Waals surface area contributed by atoms with Gasteiger partial charge in [-0.3, -0.25) is 4.79 Å². The van der Waals surface area contributed by atoms with Crippen molar-refractivity contribution in [2.75, 3.05) is 7.11 Å². The van der Waals surface area contributed by atoms with Crippen LogP contribution in [0.5, 0.6) is 0 Å². The Morgan fingerprint density at radius 3 is 2.31 bits per heavy atom. The molecule has 0 aromatic heterocycles. The molecule has 0 radical (unpaired) electrons. The maximum atomic E-state index is 11.1. The molecule has 13 heavy (non-hydrogen) atoms. The van der Waals surface area contributed by atoms with Crippen LogP contribution in [0, 0.1) is 5.41 Å². The predicted molar refractivity (Wildman–Crippen MR) is 51.3 cm³/mol. The maximum absolute atomic E-state index is 11.1. The average Bonchev–Trinajstić information content (AvgIpc) is 1.99. The lowest BCUT2D eigenvalue weighted by Crippen LogP contribution is -2.10. The van der Waals surface area contributed by atoms with Gasteiger partial charge < -0.3 is 9.84 Å². The molecular formula is C10H16O3.